The van der Waals surface area contributed by atoms with E-state index in [0.717, 1.165) is 16.7 Å². The highest BCUT2D eigenvalue weighted by Crippen LogP contribution is 2.32. The van der Waals surface area contributed by atoms with Crippen molar-refractivity contribution in [1.29, 1.82) is 0 Å². The van der Waals surface area contributed by atoms with Gasteiger partial charge in [0.1, 0.15) is 0 Å². The van der Waals surface area contributed by atoms with Crippen molar-refractivity contribution in [2.45, 2.75) is 6.92 Å². The predicted octanol–water partition coefficient (Wildman–Crippen LogP) is 3.73. The van der Waals surface area contributed by atoms with Crippen molar-refractivity contribution in [3.05, 3.63) is 48.0 Å². The van der Waals surface area contributed by atoms with Gasteiger partial charge in [-0.15, -0.1) is 0 Å². The number of aromatic nitrogens is 2. The average molecular weight is 296 g/mol. The number of aryl methyl sites for hydroxylation is 1. The molecule has 112 valence electrons. The fraction of sp³-hybridized carbons (Fsp3) is 0.176. The van der Waals surface area contributed by atoms with Crippen LogP contribution in [0.2, 0.25) is 0 Å². The summed E-state index contributed by atoms with van der Waals surface area (Å²) in [5.41, 5.74) is 2.83. The van der Waals surface area contributed by atoms with E-state index >= 15 is 0 Å². The van der Waals surface area contributed by atoms with Gasteiger partial charge in [-0.05, 0) is 36.8 Å². The van der Waals surface area contributed by atoms with Crippen molar-refractivity contribution in [3.8, 4) is 34.3 Å². The summed E-state index contributed by atoms with van der Waals surface area (Å²) in [5.74, 6) is 2.30. The van der Waals surface area contributed by atoms with Crippen LogP contribution in [0.15, 0.2) is 47.0 Å². The van der Waals surface area contributed by atoms with Crippen LogP contribution in [0.3, 0.4) is 0 Å². The lowest BCUT2D eigenvalue weighted by Gasteiger charge is -2.07. The van der Waals surface area contributed by atoms with Crippen LogP contribution in [0.4, 0.5) is 0 Å². The van der Waals surface area contributed by atoms with Crippen LogP contribution >= 0.6 is 0 Å². The van der Waals surface area contributed by atoms with Crippen LogP contribution in [-0.2, 0) is 0 Å². The van der Waals surface area contributed by atoms with E-state index in [1.165, 1.54) is 0 Å². The molecule has 0 saturated carbocycles. The average Bonchev–Trinajstić information content (AvgIpc) is 3.04. The van der Waals surface area contributed by atoms with Gasteiger partial charge in [0.15, 0.2) is 11.5 Å². The van der Waals surface area contributed by atoms with Crippen LogP contribution in [0, 0.1) is 6.92 Å². The number of rotatable bonds is 4. The van der Waals surface area contributed by atoms with Gasteiger partial charge in [-0.3, -0.25) is 0 Å². The molecule has 3 aromatic rings. The zero-order chi connectivity index (χ0) is 15.5. The van der Waals surface area contributed by atoms with E-state index in [1.54, 1.807) is 14.2 Å². The van der Waals surface area contributed by atoms with E-state index in [1.807, 2.05) is 49.4 Å². The quantitative estimate of drug-likeness (QED) is 0.734. The second kappa shape index (κ2) is 5.89. The molecule has 5 heteroatoms. The topological polar surface area (TPSA) is 57.4 Å². The lowest BCUT2D eigenvalue weighted by atomic mass is 10.1. The van der Waals surface area contributed by atoms with Crippen molar-refractivity contribution in [2.24, 2.45) is 0 Å². The van der Waals surface area contributed by atoms with Gasteiger partial charge in [-0.2, -0.15) is 4.98 Å². The Kier molecular flexibility index (Phi) is 3.78. The van der Waals surface area contributed by atoms with E-state index in [0.29, 0.717) is 23.2 Å². The van der Waals surface area contributed by atoms with E-state index in [4.69, 9.17) is 14.0 Å². The molecule has 0 spiro atoms. The smallest absolute Gasteiger partial charge is 0.258 e. The third kappa shape index (κ3) is 2.53. The maximum absolute atomic E-state index is 5.38. The van der Waals surface area contributed by atoms with Gasteiger partial charge in [0.05, 0.1) is 14.2 Å². The van der Waals surface area contributed by atoms with Gasteiger partial charge < -0.3 is 14.0 Å². The van der Waals surface area contributed by atoms with Gasteiger partial charge in [0.25, 0.3) is 5.89 Å². The highest BCUT2D eigenvalue weighted by molar-refractivity contribution is 5.64. The summed E-state index contributed by atoms with van der Waals surface area (Å²) < 4.78 is 15.9. The summed E-state index contributed by atoms with van der Waals surface area (Å²) in [6.45, 7) is 2.01. The van der Waals surface area contributed by atoms with Gasteiger partial charge >= 0.3 is 0 Å². The summed E-state index contributed by atoms with van der Waals surface area (Å²) in [6.07, 6.45) is 0. The van der Waals surface area contributed by atoms with Gasteiger partial charge in [-0.1, -0.05) is 23.4 Å². The second-order valence-corrected chi connectivity index (χ2v) is 4.81. The lowest BCUT2D eigenvalue weighted by Crippen LogP contribution is -1.91. The summed E-state index contributed by atoms with van der Waals surface area (Å²) >= 11 is 0. The molecule has 0 amide bonds. The molecule has 5 nitrogen and oxygen atoms in total. The third-order valence-electron chi connectivity index (χ3n) is 3.44. The van der Waals surface area contributed by atoms with Crippen LogP contribution in [0.25, 0.3) is 22.8 Å². The minimum Gasteiger partial charge on any atom is -0.493 e. The van der Waals surface area contributed by atoms with Crippen molar-refractivity contribution in [2.75, 3.05) is 14.2 Å². The SMILES string of the molecule is COc1ccc(-c2noc(-c3ccccc3C)n2)cc1OC. The fourth-order valence-corrected chi connectivity index (χ4v) is 2.24. The molecular formula is C17H16N2O3. The molecule has 22 heavy (non-hydrogen) atoms. The zero-order valence-electron chi connectivity index (χ0n) is 12.7. The van der Waals surface area contributed by atoms with E-state index < -0.39 is 0 Å². The molecular weight excluding hydrogens is 280 g/mol. The summed E-state index contributed by atoms with van der Waals surface area (Å²) in [6, 6.07) is 13.4. The van der Waals surface area contributed by atoms with Gasteiger partial charge in [0, 0.05) is 11.1 Å². The van der Waals surface area contributed by atoms with Crippen LogP contribution in [0.5, 0.6) is 11.5 Å². The molecule has 0 fully saturated rings. The van der Waals surface area contributed by atoms with E-state index in [-0.39, 0.29) is 0 Å². The number of hydrogen-bond acceptors (Lipinski definition) is 5. The molecule has 1 heterocycles. The van der Waals surface area contributed by atoms with E-state index in [9.17, 15) is 0 Å². The van der Waals surface area contributed by atoms with Crippen molar-refractivity contribution >= 4 is 0 Å². The first-order valence-corrected chi connectivity index (χ1v) is 6.85. The summed E-state index contributed by atoms with van der Waals surface area (Å²) in [7, 11) is 3.19. The molecule has 0 aliphatic carbocycles. The molecule has 0 atom stereocenters. The Morgan fingerprint density at radius 2 is 1.73 bits per heavy atom. The summed E-state index contributed by atoms with van der Waals surface area (Å²) in [5, 5.41) is 4.05. The molecule has 1 aromatic heterocycles. The van der Waals surface area contributed by atoms with Crippen molar-refractivity contribution < 1.29 is 14.0 Å². The Morgan fingerprint density at radius 1 is 0.955 bits per heavy atom. The van der Waals surface area contributed by atoms with E-state index in [2.05, 4.69) is 10.1 Å². The molecule has 0 radical (unpaired) electrons. The Morgan fingerprint density at radius 3 is 2.45 bits per heavy atom. The number of hydrogen-bond donors (Lipinski definition) is 0. The molecule has 0 aliphatic heterocycles. The number of nitrogens with zero attached hydrogens (tertiary/aromatic N) is 2. The Bertz CT molecular complexity index is 796. The summed E-state index contributed by atoms with van der Waals surface area (Å²) in [4.78, 5) is 4.47. The van der Waals surface area contributed by atoms with Gasteiger partial charge in [0.2, 0.25) is 5.82 Å². The molecule has 2 aromatic carbocycles. The highest BCUT2D eigenvalue weighted by Gasteiger charge is 2.14. The Hall–Kier alpha value is -2.82. The second-order valence-electron chi connectivity index (χ2n) is 4.81. The molecule has 3 rings (SSSR count). The minimum absolute atomic E-state index is 0.503. The third-order valence-corrected chi connectivity index (χ3v) is 3.44. The number of ether oxygens (including phenoxy) is 2. The Labute approximate surface area is 128 Å². The molecule has 0 aliphatic rings. The van der Waals surface area contributed by atoms with Gasteiger partial charge in [-0.25, -0.2) is 0 Å². The maximum atomic E-state index is 5.38. The minimum atomic E-state index is 0.503. The predicted molar refractivity (Wildman–Crippen MR) is 83.0 cm³/mol. The standard InChI is InChI=1S/C17H16N2O3/c1-11-6-4-5-7-13(11)17-18-16(19-22-17)12-8-9-14(20-2)15(10-12)21-3/h4-10H,1-3H3. The van der Waals surface area contributed by atoms with Crippen LogP contribution in [-0.4, -0.2) is 24.4 Å². The lowest BCUT2D eigenvalue weighted by molar-refractivity contribution is 0.355. The van der Waals surface area contributed by atoms with Crippen LogP contribution in [0.1, 0.15) is 5.56 Å². The highest BCUT2D eigenvalue weighted by atomic mass is 16.5. The normalized spacial score (nSPS) is 10.5. The maximum Gasteiger partial charge on any atom is 0.258 e. The largest absolute Gasteiger partial charge is 0.493 e. The fourth-order valence-electron chi connectivity index (χ4n) is 2.24. The first kappa shape index (κ1) is 14.1. The molecule has 0 bridgehead atoms. The molecule has 0 unspecified atom stereocenters. The monoisotopic (exact) mass is 296 g/mol. The first-order valence-electron chi connectivity index (χ1n) is 6.85. The zero-order valence-corrected chi connectivity index (χ0v) is 12.7. The molecule has 0 N–H and O–H groups in total. The van der Waals surface area contributed by atoms with Crippen LogP contribution < -0.4 is 9.47 Å². The van der Waals surface area contributed by atoms with Crippen molar-refractivity contribution in [1.82, 2.24) is 10.1 Å². The number of benzene rings is 2. The first-order chi connectivity index (χ1) is 10.7. The number of methoxy groups -OCH3 is 2. The van der Waals surface area contributed by atoms with Crippen molar-refractivity contribution in [3.63, 3.8) is 0 Å². The Balaban J connectivity index is 1.99. The molecule has 0 saturated heterocycles.